The van der Waals surface area contributed by atoms with Crippen molar-refractivity contribution in [3.8, 4) is 0 Å². The minimum atomic E-state index is -0.386. The third-order valence-corrected chi connectivity index (χ3v) is 1.85. The molecular weight excluding hydrogens is 234 g/mol. The number of carbonyl (C=O) groups is 1. The van der Waals surface area contributed by atoms with Crippen LogP contribution < -0.4 is 5.32 Å². The van der Waals surface area contributed by atoms with Gasteiger partial charge in [0.2, 0.25) is 0 Å². The van der Waals surface area contributed by atoms with E-state index < -0.39 is 0 Å². The average Bonchev–Trinajstić information content (AvgIpc) is 2.25. The summed E-state index contributed by atoms with van der Waals surface area (Å²) in [5, 5.41) is 3.06. The van der Waals surface area contributed by atoms with E-state index in [-0.39, 0.29) is 24.3 Å². The van der Waals surface area contributed by atoms with Crippen LogP contribution in [0, 0.1) is 0 Å². The van der Waals surface area contributed by atoms with Crippen molar-refractivity contribution in [2.75, 3.05) is 26.1 Å². The summed E-state index contributed by atoms with van der Waals surface area (Å²) < 4.78 is 9.36. The molecule has 0 spiro atoms. The molecule has 0 aliphatic rings. The van der Waals surface area contributed by atoms with Gasteiger partial charge in [0.1, 0.15) is 24.1 Å². The molecule has 7 heteroatoms. The Kier molecular flexibility index (Phi) is 4.94. The Bertz CT molecular complexity index is 373. The summed E-state index contributed by atoms with van der Waals surface area (Å²) in [4.78, 5) is 18.9. The van der Waals surface area contributed by atoms with Gasteiger partial charge in [-0.15, -0.1) is 0 Å². The topological polar surface area (TPSA) is 73.3 Å². The van der Waals surface area contributed by atoms with E-state index in [0.717, 1.165) is 0 Å². The van der Waals surface area contributed by atoms with E-state index in [2.05, 4.69) is 20.0 Å². The first-order chi connectivity index (χ1) is 7.65. The second-order valence-electron chi connectivity index (χ2n) is 2.85. The van der Waals surface area contributed by atoms with Crippen LogP contribution in [-0.4, -0.2) is 36.7 Å². The van der Waals surface area contributed by atoms with E-state index in [4.69, 9.17) is 16.3 Å². The number of rotatable bonds is 5. The van der Waals surface area contributed by atoms with E-state index >= 15 is 0 Å². The molecule has 0 bridgehead atoms. The highest BCUT2D eigenvalue weighted by Gasteiger charge is 2.05. The third kappa shape index (κ3) is 4.00. The molecule has 0 aliphatic carbocycles. The second-order valence-corrected chi connectivity index (χ2v) is 3.24. The standard InChI is InChI=1S/C9H12ClN3O3/c1-15-5-8-12-6(10)3-7(13-8)11-4-9(14)16-2/h3H,4-5H2,1-2H3,(H,11,12,13). The zero-order valence-electron chi connectivity index (χ0n) is 8.99. The van der Waals surface area contributed by atoms with Crippen molar-refractivity contribution in [1.82, 2.24) is 9.97 Å². The minimum absolute atomic E-state index is 0.0241. The summed E-state index contributed by atoms with van der Waals surface area (Å²) in [5.41, 5.74) is 0. The first kappa shape index (κ1) is 12.7. The number of aromatic nitrogens is 2. The summed E-state index contributed by atoms with van der Waals surface area (Å²) in [7, 11) is 2.85. The molecule has 1 aromatic heterocycles. The smallest absolute Gasteiger partial charge is 0.325 e. The van der Waals surface area contributed by atoms with Gasteiger partial charge in [-0.05, 0) is 0 Å². The van der Waals surface area contributed by atoms with Gasteiger partial charge in [-0.1, -0.05) is 11.6 Å². The van der Waals surface area contributed by atoms with Crippen molar-refractivity contribution in [1.29, 1.82) is 0 Å². The normalized spacial score (nSPS) is 9.94. The monoisotopic (exact) mass is 245 g/mol. The number of halogens is 1. The second kappa shape index (κ2) is 6.24. The van der Waals surface area contributed by atoms with Crippen LogP contribution in [0.3, 0.4) is 0 Å². The number of nitrogens with zero attached hydrogens (tertiary/aromatic N) is 2. The Balaban J connectivity index is 2.68. The summed E-state index contributed by atoms with van der Waals surface area (Å²) in [5.74, 6) is 0.517. The van der Waals surface area contributed by atoms with Gasteiger partial charge in [0, 0.05) is 13.2 Å². The number of esters is 1. The highest BCUT2D eigenvalue weighted by Crippen LogP contribution is 2.11. The van der Waals surface area contributed by atoms with Crippen LogP contribution in [0.15, 0.2) is 6.07 Å². The lowest BCUT2D eigenvalue weighted by molar-refractivity contribution is -0.138. The molecule has 0 unspecified atom stereocenters. The van der Waals surface area contributed by atoms with Crippen LogP contribution >= 0.6 is 11.6 Å². The van der Waals surface area contributed by atoms with Gasteiger partial charge >= 0.3 is 5.97 Å². The maximum absolute atomic E-state index is 10.9. The number of anilines is 1. The van der Waals surface area contributed by atoms with Crippen molar-refractivity contribution >= 4 is 23.4 Å². The number of methoxy groups -OCH3 is 2. The Hall–Kier alpha value is -1.40. The van der Waals surface area contributed by atoms with E-state index in [1.807, 2.05) is 0 Å². The molecule has 0 saturated carbocycles. The molecule has 0 saturated heterocycles. The van der Waals surface area contributed by atoms with E-state index in [1.54, 1.807) is 0 Å². The van der Waals surface area contributed by atoms with Crippen molar-refractivity contribution in [3.63, 3.8) is 0 Å². The zero-order chi connectivity index (χ0) is 12.0. The fraction of sp³-hybridized carbons (Fsp3) is 0.444. The van der Waals surface area contributed by atoms with Gasteiger partial charge in [-0.3, -0.25) is 4.79 Å². The number of carbonyl (C=O) groups excluding carboxylic acids is 1. The van der Waals surface area contributed by atoms with Crippen LogP contribution in [-0.2, 0) is 20.9 Å². The summed E-state index contributed by atoms with van der Waals surface area (Å²) in [6.45, 7) is 0.281. The van der Waals surface area contributed by atoms with Gasteiger partial charge in [-0.2, -0.15) is 0 Å². The van der Waals surface area contributed by atoms with Crippen LogP contribution in [0.5, 0.6) is 0 Å². The molecule has 1 aromatic rings. The lowest BCUT2D eigenvalue weighted by atomic mass is 10.5. The molecule has 0 atom stereocenters. The van der Waals surface area contributed by atoms with Crippen molar-refractivity contribution in [3.05, 3.63) is 17.0 Å². The Morgan fingerprint density at radius 2 is 2.25 bits per heavy atom. The molecular formula is C9H12ClN3O3. The molecule has 1 heterocycles. The summed E-state index contributed by atoms with van der Waals surface area (Å²) >= 11 is 5.77. The molecule has 0 radical (unpaired) electrons. The maximum atomic E-state index is 10.9. The van der Waals surface area contributed by atoms with E-state index in [0.29, 0.717) is 11.6 Å². The highest BCUT2D eigenvalue weighted by molar-refractivity contribution is 6.29. The number of nitrogens with one attached hydrogen (secondary N) is 1. The largest absolute Gasteiger partial charge is 0.468 e. The molecule has 88 valence electrons. The Morgan fingerprint density at radius 3 is 2.88 bits per heavy atom. The van der Waals surface area contributed by atoms with Gasteiger partial charge in [0.05, 0.1) is 7.11 Å². The lowest BCUT2D eigenvalue weighted by Crippen LogP contribution is -2.16. The van der Waals surface area contributed by atoms with E-state index in [9.17, 15) is 4.79 Å². The molecule has 0 amide bonds. The molecule has 1 rings (SSSR count). The van der Waals surface area contributed by atoms with Crippen LogP contribution in [0.4, 0.5) is 5.82 Å². The molecule has 6 nitrogen and oxygen atoms in total. The van der Waals surface area contributed by atoms with E-state index in [1.165, 1.54) is 20.3 Å². The van der Waals surface area contributed by atoms with Crippen LogP contribution in [0.2, 0.25) is 5.15 Å². The number of hydrogen-bond acceptors (Lipinski definition) is 6. The molecule has 0 fully saturated rings. The van der Waals surface area contributed by atoms with Crippen LogP contribution in [0.1, 0.15) is 5.82 Å². The molecule has 0 aromatic carbocycles. The first-order valence-corrected chi connectivity index (χ1v) is 4.86. The molecule has 1 N–H and O–H groups in total. The fourth-order valence-electron chi connectivity index (χ4n) is 0.984. The van der Waals surface area contributed by atoms with Crippen LogP contribution in [0.25, 0.3) is 0 Å². The number of hydrogen-bond donors (Lipinski definition) is 1. The van der Waals surface area contributed by atoms with Gasteiger partial charge in [0.15, 0.2) is 5.82 Å². The Morgan fingerprint density at radius 1 is 1.50 bits per heavy atom. The first-order valence-electron chi connectivity index (χ1n) is 4.48. The predicted octanol–water partition coefficient (Wildman–Crippen LogP) is 0.861. The lowest BCUT2D eigenvalue weighted by Gasteiger charge is -2.06. The van der Waals surface area contributed by atoms with Crippen molar-refractivity contribution in [2.24, 2.45) is 0 Å². The third-order valence-electron chi connectivity index (χ3n) is 1.66. The minimum Gasteiger partial charge on any atom is -0.468 e. The van der Waals surface area contributed by atoms with Crippen molar-refractivity contribution < 1.29 is 14.3 Å². The van der Waals surface area contributed by atoms with Gasteiger partial charge in [0.25, 0.3) is 0 Å². The molecule has 0 aliphatic heterocycles. The zero-order valence-corrected chi connectivity index (χ0v) is 9.74. The van der Waals surface area contributed by atoms with Gasteiger partial charge in [-0.25, -0.2) is 9.97 Å². The SMILES string of the molecule is COCc1nc(Cl)cc(NCC(=O)OC)n1. The average molecular weight is 246 g/mol. The summed E-state index contributed by atoms with van der Waals surface area (Å²) in [6.07, 6.45) is 0. The maximum Gasteiger partial charge on any atom is 0.325 e. The van der Waals surface area contributed by atoms with Crippen molar-refractivity contribution in [2.45, 2.75) is 6.61 Å². The Labute approximate surface area is 97.9 Å². The molecule has 16 heavy (non-hydrogen) atoms. The van der Waals surface area contributed by atoms with Gasteiger partial charge < -0.3 is 14.8 Å². The fourth-order valence-corrected chi connectivity index (χ4v) is 1.18. The summed E-state index contributed by atoms with van der Waals surface area (Å²) in [6, 6.07) is 1.52. The highest BCUT2D eigenvalue weighted by atomic mass is 35.5. The predicted molar refractivity (Wildman–Crippen MR) is 58.3 cm³/mol. The number of ether oxygens (including phenoxy) is 2. The quantitative estimate of drug-likeness (QED) is 0.613.